The van der Waals surface area contributed by atoms with Crippen LogP contribution in [0.3, 0.4) is 0 Å². The van der Waals surface area contributed by atoms with Crippen molar-refractivity contribution >= 4 is 37.5 Å². The van der Waals surface area contributed by atoms with E-state index in [1.54, 1.807) is 48.5 Å². The van der Waals surface area contributed by atoms with Gasteiger partial charge in [-0.3, -0.25) is 4.72 Å². The number of halogens is 1. The van der Waals surface area contributed by atoms with Gasteiger partial charge in [0, 0.05) is 16.7 Å². The zero-order chi connectivity index (χ0) is 23.0. The summed E-state index contributed by atoms with van der Waals surface area (Å²) < 4.78 is 33.8. The highest BCUT2D eigenvalue weighted by molar-refractivity contribution is 9.10. The summed E-state index contributed by atoms with van der Waals surface area (Å²) in [6, 6.07) is 17.0. The van der Waals surface area contributed by atoms with Crippen molar-refractivity contribution in [3.63, 3.8) is 0 Å². The van der Waals surface area contributed by atoms with Crippen molar-refractivity contribution in [2.24, 2.45) is 0 Å². The van der Waals surface area contributed by atoms with Gasteiger partial charge in [-0.2, -0.15) is 0 Å². The Bertz CT molecular complexity index is 1090. The molecule has 3 aromatic rings. The zero-order valence-corrected chi connectivity index (χ0v) is 19.6. The average Bonchev–Trinajstić information content (AvgIpc) is 2.77. The number of nitrogens with zero attached hydrogens (tertiary/aromatic N) is 1. The van der Waals surface area contributed by atoms with Crippen LogP contribution in [-0.2, 0) is 16.4 Å². The molecule has 8 nitrogen and oxygen atoms in total. The summed E-state index contributed by atoms with van der Waals surface area (Å²) >= 11 is 3.29. The molecule has 5 N–H and O–H groups in total. The SMILES string of the molecule is Nc1ccc(OC[C@@H](O)CNCCc2ccc(NS(=O)(=O)c3ccc(Br)cc3)cc2)cn1. The number of nitrogens with two attached hydrogens (primary N) is 1. The van der Waals surface area contributed by atoms with Crippen LogP contribution in [0.4, 0.5) is 11.5 Å². The van der Waals surface area contributed by atoms with Crippen LogP contribution in [0.15, 0.2) is 76.2 Å². The topological polar surface area (TPSA) is 127 Å². The second-order valence-electron chi connectivity index (χ2n) is 7.09. The minimum Gasteiger partial charge on any atom is -0.489 e. The van der Waals surface area contributed by atoms with Gasteiger partial charge in [0.25, 0.3) is 10.0 Å². The van der Waals surface area contributed by atoms with E-state index in [0.29, 0.717) is 30.3 Å². The lowest BCUT2D eigenvalue weighted by atomic mass is 10.1. The molecule has 0 aliphatic carbocycles. The van der Waals surface area contributed by atoms with Crippen LogP contribution in [-0.4, -0.2) is 44.3 Å². The number of aromatic nitrogens is 1. The Morgan fingerprint density at radius 1 is 1.06 bits per heavy atom. The summed E-state index contributed by atoms with van der Waals surface area (Å²) in [5.74, 6) is 0.962. The number of aliphatic hydroxyl groups excluding tert-OH is 1. The molecular formula is C22H25BrN4O4S. The zero-order valence-electron chi connectivity index (χ0n) is 17.2. The number of benzene rings is 2. The number of aliphatic hydroxyl groups is 1. The third-order valence-electron chi connectivity index (χ3n) is 4.50. The maximum Gasteiger partial charge on any atom is 0.261 e. The molecule has 0 unspecified atom stereocenters. The number of ether oxygens (including phenoxy) is 1. The van der Waals surface area contributed by atoms with Gasteiger partial charge in [-0.05, 0) is 67.1 Å². The van der Waals surface area contributed by atoms with Gasteiger partial charge < -0.3 is 20.9 Å². The van der Waals surface area contributed by atoms with E-state index in [2.05, 4.69) is 31.0 Å². The van der Waals surface area contributed by atoms with Crippen LogP contribution < -0.4 is 20.5 Å². The smallest absolute Gasteiger partial charge is 0.261 e. The summed E-state index contributed by atoms with van der Waals surface area (Å²) in [5, 5.41) is 13.2. The van der Waals surface area contributed by atoms with Gasteiger partial charge in [0.1, 0.15) is 24.3 Å². The number of nitrogen functional groups attached to an aromatic ring is 1. The van der Waals surface area contributed by atoms with Crippen molar-refractivity contribution in [3.8, 4) is 5.75 Å². The molecule has 0 aliphatic heterocycles. The molecule has 0 bridgehead atoms. The maximum absolute atomic E-state index is 12.5. The van der Waals surface area contributed by atoms with Crippen LogP contribution in [0.25, 0.3) is 0 Å². The van der Waals surface area contributed by atoms with Gasteiger partial charge in [-0.25, -0.2) is 13.4 Å². The molecule has 0 saturated heterocycles. The first-order valence-corrected chi connectivity index (χ1v) is 12.2. The Morgan fingerprint density at radius 2 is 1.78 bits per heavy atom. The van der Waals surface area contributed by atoms with E-state index in [1.165, 1.54) is 6.20 Å². The van der Waals surface area contributed by atoms with Crippen LogP contribution in [0.1, 0.15) is 5.56 Å². The quantitative estimate of drug-likeness (QED) is 0.286. The van der Waals surface area contributed by atoms with E-state index in [9.17, 15) is 13.5 Å². The van der Waals surface area contributed by atoms with E-state index in [1.807, 2.05) is 12.1 Å². The monoisotopic (exact) mass is 520 g/mol. The van der Waals surface area contributed by atoms with Crippen LogP contribution in [0, 0.1) is 0 Å². The average molecular weight is 521 g/mol. The lowest BCUT2D eigenvalue weighted by Crippen LogP contribution is -2.32. The molecular weight excluding hydrogens is 496 g/mol. The Labute approximate surface area is 196 Å². The van der Waals surface area contributed by atoms with Gasteiger partial charge in [0.15, 0.2) is 0 Å². The number of nitrogens with one attached hydrogen (secondary N) is 2. The van der Waals surface area contributed by atoms with Crippen LogP contribution >= 0.6 is 15.9 Å². The van der Waals surface area contributed by atoms with E-state index >= 15 is 0 Å². The number of rotatable bonds is 11. The lowest BCUT2D eigenvalue weighted by molar-refractivity contribution is 0.106. The molecule has 0 amide bonds. The molecule has 0 saturated carbocycles. The Kier molecular flexibility index (Phi) is 8.46. The Balaban J connectivity index is 1.39. The highest BCUT2D eigenvalue weighted by Gasteiger charge is 2.13. The first-order chi connectivity index (χ1) is 15.3. The molecule has 0 spiro atoms. The van der Waals surface area contributed by atoms with Crippen molar-refractivity contribution in [1.82, 2.24) is 10.3 Å². The summed E-state index contributed by atoms with van der Waals surface area (Å²) in [7, 11) is -3.63. The van der Waals surface area contributed by atoms with E-state index in [4.69, 9.17) is 10.5 Å². The van der Waals surface area contributed by atoms with Crippen molar-refractivity contribution in [2.45, 2.75) is 17.4 Å². The normalized spacial score (nSPS) is 12.3. The molecule has 32 heavy (non-hydrogen) atoms. The number of pyridine rings is 1. The molecule has 0 aliphatic rings. The fourth-order valence-corrected chi connectivity index (χ4v) is 4.12. The van der Waals surface area contributed by atoms with E-state index in [0.717, 1.165) is 16.5 Å². The van der Waals surface area contributed by atoms with Gasteiger partial charge in [0.2, 0.25) is 0 Å². The van der Waals surface area contributed by atoms with Crippen molar-refractivity contribution in [3.05, 3.63) is 76.9 Å². The molecule has 1 heterocycles. The van der Waals surface area contributed by atoms with Gasteiger partial charge in [-0.1, -0.05) is 28.1 Å². The van der Waals surface area contributed by atoms with E-state index in [-0.39, 0.29) is 11.5 Å². The van der Waals surface area contributed by atoms with Crippen LogP contribution in [0.2, 0.25) is 0 Å². The van der Waals surface area contributed by atoms with Gasteiger partial charge in [-0.15, -0.1) is 0 Å². The highest BCUT2D eigenvalue weighted by atomic mass is 79.9. The predicted molar refractivity (Wildman–Crippen MR) is 128 cm³/mol. The third-order valence-corrected chi connectivity index (χ3v) is 6.43. The predicted octanol–water partition coefficient (Wildman–Crippen LogP) is 2.80. The summed E-state index contributed by atoms with van der Waals surface area (Å²) in [5.41, 5.74) is 7.06. The minimum atomic E-state index is -3.63. The maximum atomic E-state index is 12.5. The van der Waals surface area contributed by atoms with Crippen molar-refractivity contribution < 1.29 is 18.3 Å². The molecule has 170 valence electrons. The number of hydrogen-bond donors (Lipinski definition) is 4. The first kappa shape index (κ1) is 24.0. The van der Waals surface area contributed by atoms with Crippen LogP contribution in [0.5, 0.6) is 5.75 Å². The van der Waals surface area contributed by atoms with Gasteiger partial charge >= 0.3 is 0 Å². The van der Waals surface area contributed by atoms with E-state index < -0.39 is 16.1 Å². The Hall–Kier alpha value is -2.66. The third kappa shape index (κ3) is 7.49. The fraction of sp³-hybridized carbons (Fsp3) is 0.227. The Morgan fingerprint density at radius 3 is 2.44 bits per heavy atom. The molecule has 10 heteroatoms. The molecule has 0 fully saturated rings. The molecule has 2 aromatic carbocycles. The molecule has 1 aromatic heterocycles. The first-order valence-electron chi connectivity index (χ1n) is 9.92. The second-order valence-corrected chi connectivity index (χ2v) is 9.69. The van der Waals surface area contributed by atoms with Gasteiger partial charge in [0.05, 0.1) is 11.1 Å². The molecule has 3 rings (SSSR count). The largest absolute Gasteiger partial charge is 0.489 e. The fourth-order valence-electron chi connectivity index (χ4n) is 2.80. The summed E-state index contributed by atoms with van der Waals surface area (Å²) in [6.45, 7) is 1.18. The molecule has 0 radical (unpaired) electrons. The number of hydrogen-bond acceptors (Lipinski definition) is 7. The standard InChI is InChI=1S/C22H25BrN4O4S/c23-17-3-8-21(9-4-17)32(29,30)27-18-5-1-16(2-6-18)11-12-25-13-19(28)15-31-20-7-10-22(24)26-14-20/h1-10,14,19,25,27-28H,11-13,15H2,(H2,24,26)/t19-/m0/s1. The van der Waals surface area contributed by atoms with Crippen molar-refractivity contribution in [2.75, 3.05) is 30.2 Å². The number of anilines is 2. The molecule has 1 atom stereocenters. The minimum absolute atomic E-state index is 0.145. The van der Waals surface area contributed by atoms with Crippen molar-refractivity contribution in [1.29, 1.82) is 0 Å². The summed E-state index contributed by atoms with van der Waals surface area (Å²) in [6.07, 6.45) is 1.58. The summed E-state index contributed by atoms with van der Waals surface area (Å²) in [4.78, 5) is 4.12. The highest BCUT2D eigenvalue weighted by Crippen LogP contribution is 2.19. The lowest BCUT2D eigenvalue weighted by Gasteiger charge is -2.13. The number of sulfonamides is 1. The second kappa shape index (κ2) is 11.3.